The maximum absolute atomic E-state index is 12.0. The lowest BCUT2D eigenvalue weighted by Gasteiger charge is -2.40. The maximum Gasteiger partial charge on any atom is 0.307 e. The fourth-order valence-corrected chi connectivity index (χ4v) is 7.17. The minimum absolute atomic E-state index is 0.0234. The second kappa shape index (κ2) is 14.6. The number of hydrogen-bond donors (Lipinski definition) is 2. The van der Waals surface area contributed by atoms with Gasteiger partial charge in [-0.25, -0.2) is 4.98 Å². The van der Waals surface area contributed by atoms with E-state index in [1.807, 2.05) is 19.2 Å². The molecule has 2 fully saturated rings. The number of piperidine rings is 1. The van der Waals surface area contributed by atoms with Crippen LogP contribution >= 0.6 is 0 Å². The zero-order chi connectivity index (χ0) is 35.7. The van der Waals surface area contributed by atoms with E-state index in [2.05, 4.69) is 72.5 Å². The predicted molar refractivity (Wildman–Crippen MR) is 197 cm³/mol. The Morgan fingerprint density at radius 1 is 0.939 bits per heavy atom. The molecule has 266 valence electrons. The van der Waals surface area contributed by atoms with Crippen LogP contribution in [-0.2, 0) is 28.9 Å². The number of carboxylic acids is 1. The van der Waals surface area contributed by atoms with Gasteiger partial charge in [0.1, 0.15) is 5.82 Å². The lowest BCUT2D eigenvalue weighted by Crippen LogP contribution is -2.46. The first-order valence-electron chi connectivity index (χ1n) is 17.8. The summed E-state index contributed by atoms with van der Waals surface area (Å²) in [5.74, 6) is 0.891. The number of morpholine rings is 1. The smallest absolute Gasteiger partial charge is 0.307 e. The van der Waals surface area contributed by atoms with E-state index in [1.54, 1.807) is 20.8 Å². The number of aryl methyl sites for hydroxylation is 2. The number of rotatable bonds is 6. The molecule has 0 bridgehead atoms. The first-order valence-corrected chi connectivity index (χ1v) is 17.8. The third kappa shape index (κ3) is 9.28. The molecule has 2 aromatic heterocycles. The predicted octanol–water partition coefficient (Wildman–Crippen LogP) is 6.36. The highest BCUT2D eigenvalue weighted by molar-refractivity contribution is 5.86. The van der Waals surface area contributed by atoms with Crippen LogP contribution in [0.15, 0.2) is 30.5 Å². The molecule has 2 N–H and O–H groups in total. The molecule has 3 aliphatic heterocycles. The van der Waals surface area contributed by atoms with Crippen LogP contribution < -0.4 is 14.7 Å². The van der Waals surface area contributed by atoms with Crippen molar-refractivity contribution in [1.82, 2.24) is 15.0 Å². The molecule has 0 aliphatic carbocycles. The standard InChI is InChI=1S/C35H46N6O3.C4H10O/c1-22-19-41(20-23(2)44-22)34-36-13-9-30(38-34)40-14-10-26-17-27(7-8-28(26)21-40)32-25(4)37-24(3)29(18-31(42)43)33(32)39-15-11-35(5,6)12-16-39;1-4(2,3)5/h7-9,13,17,22-23H,10-12,14-16,18-21H2,1-6H3,(H,42,43);5H,1-3H3. The zero-order valence-electron chi connectivity index (χ0n) is 31.0. The van der Waals surface area contributed by atoms with E-state index in [1.165, 1.54) is 11.1 Å². The van der Waals surface area contributed by atoms with Gasteiger partial charge < -0.3 is 29.6 Å². The lowest BCUT2D eigenvalue weighted by molar-refractivity contribution is -0.136. The monoisotopic (exact) mass is 672 g/mol. The molecule has 6 rings (SSSR count). The minimum atomic E-state index is -0.820. The number of pyridine rings is 1. The van der Waals surface area contributed by atoms with Gasteiger partial charge in [-0.1, -0.05) is 32.0 Å². The first kappa shape index (κ1) is 36.5. The van der Waals surface area contributed by atoms with Gasteiger partial charge in [0.2, 0.25) is 5.95 Å². The SMILES string of the molecule is CC(C)(C)O.Cc1nc(C)c(-c2ccc3c(c2)CCN(c2ccnc(N4CC(C)OC(C)C4)n2)C3)c(N2CCC(C)(C)CC2)c1CC(=O)O. The molecule has 0 radical (unpaired) electrons. The van der Waals surface area contributed by atoms with E-state index in [-0.39, 0.29) is 18.6 Å². The van der Waals surface area contributed by atoms with E-state index in [0.29, 0.717) is 5.41 Å². The van der Waals surface area contributed by atoms with Crippen molar-refractivity contribution in [2.45, 2.75) is 112 Å². The van der Waals surface area contributed by atoms with E-state index in [9.17, 15) is 9.90 Å². The largest absolute Gasteiger partial charge is 0.481 e. The number of fused-ring (bicyclic) bond motifs is 1. The van der Waals surface area contributed by atoms with E-state index < -0.39 is 11.6 Å². The van der Waals surface area contributed by atoms with Crippen molar-refractivity contribution in [3.8, 4) is 11.1 Å². The van der Waals surface area contributed by atoms with Gasteiger partial charge in [0.25, 0.3) is 0 Å². The number of aliphatic carboxylic acids is 1. The Bertz CT molecular complexity index is 1630. The third-order valence-corrected chi connectivity index (χ3v) is 9.58. The highest BCUT2D eigenvalue weighted by atomic mass is 16.5. The van der Waals surface area contributed by atoms with Crippen LogP contribution in [0.4, 0.5) is 17.5 Å². The van der Waals surface area contributed by atoms with Gasteiger partial charge in [0.15, 0.2) is 0 Å². The number of carbonyl (C=O) groups is 1. The Labute approximate surface area is 292 Å². The number of nitrogens with zero attached hydrogens (tertiary/aromatic N) is 6. The van der Waals surface area contributed by atoms with Crippen molar-refractivity contribution < 1.29 is 19.7 Å². The molecule has 3 aliphatic rings. The summed E-state index contributed by atoms with van der Waals surface area (Å²) in [4.78, 5) is 33.4. The first-order chi connectivity index (χ1) is 23.0. The van der Waals surface area contributed by atoms with E-state index in [4.69, 9.17) is 19.8 Å². The second-order valence-corrected chi connectivity index (χ2v) is 15.9. The summed E-state index contributed by atoms with van der Waals surface area (Å²) in [6, 6.07) is 8.76. The van der Waals surface area contributed by atoms with Crippen LogP contribution in [0.5, 0.6) is 0 Å². The van der Waals surface area contributed by atoms with Crippen LogP contribution in [0.2, 0.25) is 0 Å². The zero-order valence-corrected chi connectivity index (χ0v) is 31.0. The molecular weight excluding hydrogens is 616 g/mol. The molecule has 2 saturated heterocycles. The fraction of sp³-hybridized carbons (Fsp3) is 0.590. The van der Waals surface area contributed by atoms with E-state index >= 15 is 0 Å². The van der Waals surface area contributed by atoms with Gasteiger partial charge in [-0.15, -0.1) is 0 Å². The number of anilines is 3. The van der Waals surface area contributed by atoms with Crippen molar-refractivity contribution in [3.63, 3.8) is 0 Å². The summed E-state index contributed by atoms with van der Waals surface area (Å²) in [7, 11) is 0. The second-order valence-electron chi connectivity index (χ2n) is 15.9. The summed E-state index contributed by atoms with van der Waals surface area (Å²) >= 11 is 0. The number of hydrogen-bond acceptors (Lipinski definition) is 9. The minimum Gasteiger partial charge on any atom is -0.481 e. The average Bonchev–Trinajstić information content (AvgIpc) is 3.00. The molecule has 1 aromatic carbocycles. The molecule has 0 saturated carbocycles. The molecular formula is C39H56N6O4. The number of aromatic nitrogens is 3. The summed E-state index contributed by atoms with van der Waals surface area (Å²) in [5.41, 5.74) is 8.27. The number of carboxylic acid groups (broad SMARTS) is 1. The molecule has 5 heterocycles. The highest BCUT2D eigenvalue weighted by Gasteiger charge is 2.31. The number of aliphatic hydroxyl groups is 1. The summed E-state index contributed by atoms with van der Waals surface area (Å²) < 4.78 is 5.91. The van der Waals surface area contributed by atoms with Crippen LogP contribution in [-0.4, -0.2) is 81.7 Å². The van der Waals surface area contributed by atoms with Crippen LogP contribution in [0, 0.1) is 19.3 Å². The summed E-state index contributed by atoms with van der Waals surface area (Å²) in [5, 5.41) is 18.4. The molecule has 49 heavy (non-hydrogen) atoms. The maximum atomic E-state index is 12.0. The average molecular weight is 673 g/mol. The normalized spacial score (nSPS) is 20.7. The Balaban J connectivity index is 0.000000874. The van der Waals surface area contributed by atoms with Gasteiger partial charge in [0, 0.05) is 68.0 Å². The molecule has 0 amide bonds. The van der Waals surface area contributed by atoms with Crippen molar-refractivity contribution >= 4 is 23.4 Å². The molecule has 3 aromatic rings. The van der Waals surface area contributed by atoms with Gasteiger partial charge in [-0.05, 0) is 95.9 Å². The summed E-state index contributed by atoms with van der Waals surface area (Å²) in [6.07, 6.45) is 5.20. The van der Waals surface area contributed by atoms with E-state index in [0.717, 1.165) is 104 Å². The number of ether oxygens (including phenoxy) is 1. The van der Waals surface area contributed by atoms with Crippen molar-refractivity contribution in [2.75, 3.05) is 47.4 Å². The van der Waals surface area contributed by atoms with Gasteiger partial charge in [0.05, 0.1) is 29.9 Å². The Morgan fingerprint density at radius 2 is 1.59 bits per heavy atom. The quantitative estimate of drug-likeness (QED) is 0.307. The molecule has 2 unspecified atom stereocenters. The van der Waals surface area contributed by atoms with Gasteiger partial charge in [-0.3, -0.25) is 9.78 Å². The van der Waals surface area contributed by atoms with Gasteiger partial charge >= 0.3 is 5.97 Å². The molecule has 0 spiro atoms. The number of benzene rings is 1. The highest BCUT2D eigenvalue weighted by Crippen LogP contribution is 2.42. The van der Waals surface area contributed by atoms with Gasteiger partial charge in [-0.2, -0.15) is 4.98 Å². The molecule has 10 nitrogen and oxygen atoms in total. The lowest BCUT2D eigenvalue weighted by atomic mass is 9.82. The summed E-state index contributed by atoms with van der Waals surface area (Å²) in [6.45, 7) is 23.1. The Hall–Kier alpha value is -3.76. The van der Waals surface area contributed by atoms with Crippen molar-refractivity contribution in [2.24, 2.45) is 5.41 Å². The Kier molecular flexibility index (Phi) is 10.9. The van der Waals surface area contributed by atoms with Crippen LogP contribution in [0.1, 0.15) is 89.4 Å². The fourth-order valence-electron chi connectivity index (χ4n) is 7.17. The molecule has 2 atom stereocenters. The third-order valence-electron chi connectivity index (χ3n) is 9.58. The molecule has 10 heteroatoms. The Morgan fingerprint density at radius 3 is 2.22 bits per heavy atom. The van der Waals surface area contributed by atoms with Crippen LogP contribution in [0.25, 0.3) is 11.1 Å². The van der Waals surface area contributed by atoms with Crippen molar-refractivity contribution in [1.29, 1.82) is 0 Å². The topological polar surface area (TPSA) is 115 Å². The van der Waals surface area contributed by atoms with Crippen LogP contribution in [0.3, 0.4) is 0 Å². The van der Waals surface area contributed by atoms with Crippen molar-refractivity contribution in [3.05, 3.63) is 58.5 Å².